The first-order valence-electron chi connectivity index (χ1n) is 10.3. The number of hydrogen-bond acceptors (Lipinski definition) is 5. The second-order valence-corrected chi connectivity index (χ2v) is 9.66. The van der Waals surface area contributed by atoms with Crippen LogP contribution in [0.2, 0.25) is 0 Å². The molecule has 1 fully saturated rings. The van der Waals surface area contributed by atoms with Gasteiger partial charge in [-0.2, -0.15) is 13.1 Å². The number of aryl methyl sites for hydroxylation is 2. The van der Waals surface area contributed by atoms with Crippen molar-refractivity contribution in [2.24, 2.45) is 0 Å². The SMILES string of the molecule is Cc1ccc(S(=O)(=O)N2CCN(C(C)C(=O)Nc3ccccc3OC(F)F)CC2)c(C)c1. The van der Waals surface area contributed by atoms with Gasteiger partial charge in [0.25, 0.3) is 0 Å². The Morgan fingerprint density at radius 1 is 1.06 bits per heavy atom. The Balaban J connectivity index is 1.63. The Kier molecular flexibility index (Phi) is 7.47. The summed E-state index contributed by atoms with van der Waals surface area (Å²) in [5, 5.41) is 2.62. The van der Waals surface area contributed by atoms with E-state index in [1.807, 2.05) is 17.9 Å². The van der Waals surface area contributed by atoms with Crippen LogP contribution < -0.4 is 10.1 Å². The molecule has 7 nitrogen and oxygen atoms in total. The summed E-state index contributed by atoms with van der Waals surface area (Å²) >= 11 is 0. The maximum Gasteiger partial charge on any atom is 0.387 e. The number of sulfonamides is 1. The Labute approximate surface area is 187 Å². The minimum atomic E-state index is -3.63. The number of nitrogens with zero attached hydrogens (tertiary/aromatic N) is 2. The molecule has 1 unspecified atom stereocenters. The van der Waals surface area contributed by atoms with Gasteiger partial charge in [0.2, 0.25) is 15.9 Å². The molecule has 2 aromatic rings. The van der Waals surface area contributed by atoms with Crippen molar-refractivity contribution in [3.8, 4) is 5.75 Å². The van der Waals surface area contributed by atoms with E-state index in [1.165, 1.54) is 22.5 Å². The first-order chi connectivity index (χ1) is 15.1. The maximum atomic E-state index is 13.0. The normalized spacial score (nSPS) is 16.7. The van der Waals surface area contributed by atoms with Gasteiger partial charge in [-0.05, 0) is 44.5 Å². The zero-order valence-corrected chi connectivity index (χ0v) is 19.0. The van der Waals surface area contributed by atoms with E-state index >= 15 is 0 Å². The zero-order valence-electron chi connectivity index (χ0n) is 18.2. The molecule has 1 N–H and O–H groups in total. The van der Waals surface area contributed by atoms with E-state index in [0.29, 0.717) is 18.7 Å². The summed E-state index contributed by atoms with van der Waals surface area (Å²) in [7, 11) is -3.63. The van der Waals surface area contributed by atoms with Crippen LogP contribution in [0.25, 0.3) is 0 Å². The molecule has 0 radical (unpaired) electrons. The number of para-hydroxylation sites is 2. The highest BCUT2D eigenvalue weighted by Crippen LogP contribution is 2.26. The zero-order chi connectivity index (χ0) is 23.5. The van der Waals surface area contributed by atoms with Crippen molar-refractivity contribution in [3.63, 3.8) is 0 Å². The van der Waals surface area contributed by atoms with Crippen LogP contribution in [0.5, 0.6) is 5.75 Å². The third kappa shape index (κ3) is 5.43. The molecule has 1 amide bonds. The van der Waals surface area contributed by atoms with Crippen LogP contribution in [0.1, 0.15) is 18.1 Å². The largest absolute Gasteiger partial charge is 0.433 e. The lowest BCUT2D eigenvalue weighted by molar-refractivity contribution is -0.121. The summed E-state index contributed by atoms with van der Waals surface area (Å²) < 4.78 is 57.2. The van der Waals surface area contributed by atoms with Crippen LogP contribution >= 0.6 is 0 Å². The monoisotopic (exact) mass is 467 g/mol. The number of carbonyl (C=O) groups excluding carboxylic acids is 1. The molecule has 0 aliphatic carbocycles. The average molecular weight is 468 g/mol. The second kappa shape index (κ2) is 9.93. The Morgan fingerprint density at radius 2 is 1.72 bits per heavy atom. The van der Waals surface area contributed by atoms with Crippen LogP contribution in [0.15, 0.2) is 47.4 Å². The van der Waals surface area contributed by atoms with Crippen LogP contribution in [0.4, 0.5) is 14.5 Å². The molecule has 2 aromatic carbocycles. The van der Waals surface area contributed by atoms with E-state index in [9.17, 15) is 22.0 Å². The summed E-state index contributed by atoms with van der Waals surface area (Å²) in [6, 6.07) is 10.6. The van der Waals surface area contributed by atoms with Crippen molar-refractivity contribution in [2.75, 3.05) is 31.5 Å². The van der Waals surface area contributed by atoms with Crippen LogP contribution in [-0.2, 0) is 14.8 Å². The molecule has 1 saturated heterocycles. The fourth-order valence-corrected chi connectivity index (χ4v) is 5.36. The van der Waals surface area contributed by atoms with Crippen molar-refractivity contribution in [3.05, 3.63) is 53.6 Å². The summed E-state index contributed by atoms with van der Waals surface area (Å²) in [4.78, 5) is 14.8. The van der Waals surface area contributed by atoms with Crippen molar-refractivity contribution in [2.45, 2.75) is 38.3 Å². The van der Waals surface area contributed by atoms with E-state index in [-0.39, 0.29) is 35.3 Å². The van der Waals surface area contributed by atoms with Crippen LogP contribution in [-0.4, -0.2) is 62.4 Å². The van der Waals surface area contributed by atoms with E-state index in [0.717, 1.165) is 5.56 Å². The first-order valence-corrected chi connectivity index (χ1v) is 11.7. The molecule has 10 heteroatoms. The molecule has 32 heavy (non-hydrogen) atoms. The number of carbonyl (C=O) groups is 1. The average Bonchev–Trinajstić information content (AvgIpc) is 2.74. The number of nitrogens with one attached hydrogen (secondary N) is 1. The van der Waals surface area contributed by atoms with E-state index in [4.69, 9.17) is 0 Å². The quantitative estimate of drug-likeness (QED) is 0.677. The van der Waals surface area contributed by atoms with Gasteiger partial charge < -0.3 is 10.1 Å². The lowest BCUT2D eigenvalue weighted by Crippen LogP contribution is -2.54. The molecule has 1 heterocycles. The number of amides is 1. The molecular weight excluding hydrogens is 440 g/mol. The van der Waals surface area contributed by atoms with Gasteiger partial charge in [-0.25, -0.2) is 8.42 Å². The fraction of sp³-hybridized carbons (Fsp3) is 0.409. The molecule has 1 aliphatic heterocycles. The lowest BCUT2D eigenvalue weighted by atomic mass is 10.2. The van der Waals surface area contributed by atoms with Gasteiger partial charge in [0.15, 0.2) is 0 Å². The number of halogens is 2. The number of benzene rings is 2. The first kappa shape index (κ1) is 24.1. The summed E-state index contributed by atoms with van der Waals surface area (Å²) in [6.07, 6.45) is 0. The molecular formula is C22H27F2N3O4S. The van der Waals surface area contributed by atoms with Crippen molar-refractivity contribution < 1.29 is 26.7 Å². The number of anilines is 1. The fourth-order valence-electron chi connectivity index (χ4n) is 3.73. The lowest BCUT2D eigenvalue weighted by Gasteiger charge is -2.37. The van der Waals surface area contributed by atoms with Gasteiger partial charge in [-0.15, -0.1) is 0 Å². The van der Waals surface area contributed by atoms with Gasteiger partial charge in [0, 0.05) is 26.2 Å². The van der Waals surface area contributed by atoms with Gasteiger partial charge in [-0.1, -0.05) is 29.8 Å². The molecule has 0 spiro atoms. The topological polar surface area (TPSA) is 79.0 Å². The maximum absolute atomic E-state index is 13.0. The van der Waals surface area contributed by atoms with Crippen LogP contribution in [0.3, 0.4) is 0 Å². The minimum absolute atomic E-state index is 0.118. The summed E-state index contributed by atoms with van der Waals surface area (Å²) in [5.41, 5.74) is 1.84. The number of hydrogen-bond donors (Lipinski definition) is 1. The second-order valence-electron chi connectivity index (χ2n) is 7.75. The third-order valence-corrected chi connectivity index (χ3v) is 7.57. The minimum Gasteiger partial charge on any atom is -0.433 e. The molecule has 3 rings (SSSR count). The van der Waals surface area contributed by atoms with E-state index in [1.54, 1.807) is 32.0 Å². The molecule has 1 aliphatic rings. The Hall–Kier alpha value is -2.56. The van der Waals surface area contributed by atoms with Crippen molar-refractivity contribution in [1.82, 2.24) is 9.21 Å². The molecule has 0 aromatic heterocycles. The highest BCUT2D eigenvalue weighted by Gasteiger charge is 2.32. The molecule has 0 bridgehead atoms. The molecule has 1 atom stereocenters. The van der Waals surface area contributed by atoms with Gasteiger partial charge in [0.1, 0.15) is 5.75 Å². The van der Waals surface area contributed by atoms with Gasteiger partial charge in [-0.3, -0.25) is 9.69 Å². The van der Waals surface area contributed by atoms with Crippen molar-refractivity contribution in [1.29, 1.82) is 0 Å². The highest BCUT2D eigenvalue weighted by molar-refractivity contribution is 7.89. The third-order valence-electron chi connectivity index (χ3n) is 5.51. The van der Waals surface area contributed by atoms with E-state index in [2.05, 4.69) is 10.1 Å². The van der Waals surface area contributed by atoms with E-state index < -0.39 is 22.7 Å². The van der Waals surface area contributed by atoms with Crippen LogP contribution in [0, 0.1) is 13.8 Å². The standard InChI is InChI=1S/C22H27F2N3O4S/c1-15-8-9-20(16(2)14-15)32(29,30)27-12-10-26(11-13-27)17(3)21(28)25-18-6-4-5-7-19(18)31-22(23)24/h4-9,14,17,22H,10-13H2,1-3H3,(H,25,28). The number of rotatable bonds is 7. The molecule has 0 saturated carbocycles. The summed E-state index contributed by atoms with van der Waals surface area (Å²) in [6.45, 7) is 3.61. The number of ether oxygens (including phenoxy) is 1. The van der Waals surface area contributed by atoms with Gasteiger partial charge >= 0.3 is 6.61 Å². The predicted octanol–water partition coefficient (Wildman–Crippen LogP) is 3.24. The predicted molar refractivity (Wildman–Crippen MR) is 117 cm³/mol. The van der Waals surface area contributed by atoms with Gasteiger partial charge in [0.05, 0.1) is 16.6 Å². The Morgan fingerprint density at radius 3 is 2.34 bits per heavy atom. The number of piperazine rings is 1. The van der Waals surface area contributed by atoms with Crippen molar-refractivity contribution >= 4 is 21.6 Å². The summed E-state index contributed by atoms with van der Waals surface area (Å²) in [5.74, 6) is -0.506. The smallest absolute Gasteiger partial charge is 0.387 e. The highest BCUT2D eigenvalue weighted by atomic mass is 32.2. The molecule has 174 valence electrons. The number of alkyl halides is 2. The Bertz CT molecular complexity index is 1070.